The summed E-state index contributed by atoms with van der Waals surface area (Å²) in [6, 6.07) is 0. The highest BCUT2D eigenvalue weighted by Gasteiger charge is 2.03. The van der Waals surface area contributed by atoms with Crippen molar-refractivity contribution in [2.75, 3.05) is 0 Å². The van der Waals surface area contributed by atoms with Gasteiger partial charge in [0, 0.05) is 0 Å². The first kappa shape index (κ1) is 8.70. The Hall–Kier alpha value is -0.300. The van der Waals surface area contributed by atoms with Crippen LogP contribution in [0.1, 0.15) is 27.7 Å². The topological polar surface area (TPSA) is 20.2 Å². The monoisotopic (exact) mass is 128 g/mol. The number of hydrogen-bond acceptors (Lipinski definition) is 1. The van der Waals surface area contributed by atoms with Crippen LogP contribution in [0.2, 0.25) is 0 Å². The molecule has 9 heavy (non-hydrogen) atoms. The maximum absolute atomic E-state index is 9.22. The molecule has 0 saturated carbocycles. The zero-order valence-electron chi connectivity index (χ0n) is 6.68. The van der Waals surface area contributed by atoms with E-state index in [0.717, 1.165) is 0 Å². The molecule has 0 bridgehead atoms. The summed E-state index contributed by atoms with van der Waals surface area (Å²) in [7, 11) is 0. The molecule has 0 rings (SSSR count). The first-order chi connectivity index (χ1) is 4.04. The molecule has 0 radical (unpaired) electrons. The van der Waals surface area contributed by atoms with Crippen LogP contribution in [0.3, 0.4) is 0 Å². The molecule has 0 spiro atoms. The van der Waals surface area contributed by atoms with E-state index in [1.54, 1.807) is 0 Å². The van der Waals surface area contributed by atoms with Gasteiger partial charge < -0.3 is 5.11 Å². The fraction of sp³-hybridized carbons (Fsp3) is 0.750. The van der Waals surface area contributed by atoms with Crippen molar-refractivity contribution in [3.05, 3.63) is 11.6 Å². The second kappa shape index (κ2) is 3.67. The van der Waals surface area contributed by atoms with Crippen molar-refractivity contribution in [3.8, 4) is 0 Å². The highest BCUT2D eigenvalue weighted by molar-refractivity contribution is 4.98. The molecule has 0 saturated heterocycles. The van der Waals surface area contributed by atoms with Crippen LogP contribution in [0.4, 0.5) is 0 Å². The number of aliphatic hydroxyl groups is 1. The molecule has 1 heteroatoms. The van der Waals surface area contributed by atoms with Crippen LogP contribution in [0.25, 0.3) is 0 Å². The Kier molecular flexibility index (Phi) is 3.55. The Labute approximate surface area is 57.4 Å². The minimum Gasteiger partial charge on any atom is -0.389 e. The SMILES string of the molecule is CC(C)=CC(O)C(C)C. The van der Waals surface area contributed by atoms with Crippen molar-refractivity contribution in [1.82, 2.24) is 0 Å². The number of hydrogen-bond donors (Lipinski definition) is 1. The van der Waals surface area contributed by atoms with Crippen molar-refractivity contribution in [1.29, 1.82) is 0 Å². The molecule has 1 nitrogen and oxygen atoms in total. The summed E-state index contributed by atoms with van der Waals surface area (Å²) in [5, 5.41) is 9.22. The standard InChI is InChI=1S/C8H16O/c1-6(2)5-8(9)7(3)4/h5,7-9H,1-4H3. The van der Waals surface area contributed by atoms with Crippen LogP contribution < -0.4 is 0 Å². The van der Waals surface area contributed by atoms with Gasteiger partial charge in [-0.05, 0) is 19.8 Å². The van der Waals surface area contributed by atoms with E-state index in [4.69, 9.17) is 0 Å². The van der Waals surface area contributed by atoms with E-state index >= 15 is 0 Å². The van der Waals surface area contributed by atoms with E-state index in [9.17, 15) is 5.11 Å². The van der Waals surface area contributed by atoms with Gasteiger partial charge in [-0.3, -0.25) is 0 Å². The Bertz CT molecular complexity index is 99.1. The summed E-state index contributed by atoms with van der Waals surface area (Å²) in [4.78, 5) is 0. The highest BCUT2D eigenvalue weighted by Crippen LogP contribution is 2.04. The van der Waals surface area contributed by atoms with E-state index in [1.807, 2.05) is 33.8 Å². The lowest BCUT2D eigenvalue weighted by Gasteiger charge is -2.09. The lowest BCUT2D eigenvalue weighted by atomic mass is 10.1. The van der Waals surface area contributed by atoms with Crippen LogP contribution in [0, 0.1) is 5.92 Å². The van der Waals surface area contributed by atoms with Crippen LogP contribution in [-0.2, 0) is 0 Å². The predicted octanol–water partition coefficient (Wildman–Crippen LogP) is 1.97. The fourth-order valence-corrected chi connectivity index (χ4v) is 0.534. The molecule has 1 unspecified atom stereocenters. The van der Waals surface area contributed by atoms with Crippen LogP contribution in [-0.4, -0.2) is 11.2 Å². The highest BCUT2D eigenvalue weighted by atomic mass is 16.3. The number of allylic oxidation sites excluding steroid dienone is 1. The largest absolute Gasteiger partial charge is 0.389 e. The predicted molar refractivity (Wildman–Crippen MR) is 40.3 cm³/mol. The smallest absolute Gasteiger partial charge is 0.0746 e. The summed E-state index contributed by atoms with van der Waals surface area (Å²) in [6.45, 7) is 7.99. The number of rotatable bonds is 2. The molecule has 0 amide bonds. The molecule has 0 aromatic heterocycles. The van der Waals surface area contributed by atoms with E-state index in [0.29, 0.717) is 5.92 Å². The quantitative estimate of drug-likeness (QED) is 0.564. The molecule has 0 aromatic rings. The van der Waals surface area contributed by atoms with Gasteiger partial charge in [0.05, 0.1) is 6.10 Å². The van der Waals surface area contributed by atoms with Crippen LogP contribution in [0.5, 0.6) is 0 Å². The molecule has 0 fully saturated rings. The van der Waals surface area contributed by atoms with Gasteiger partial charge in [-0.15, -0.1) is 0 Å². The van der Waals surface area contributed by atoms with Crippen molar-refractivity contribution in [2.24, 2.45) is 5.92 Å². The third-order valence-electron chi connectivity index (χ3n) is 1.19. The lowest BCUT2D eigenvalue weighted by Crippen LogP contribution is -2.10. The van der Waals surface area contributed by atoms with Crippen molar-refractivity contribution >= 4 is 0 Å². The molecule has 1 atom stereocenters. The maximum atomic E-state index is 9.22. The average molecular weight is 128 g/mol. The summed E-state index contributed by atoms with van der Waals surface area (Å²) in [5.41, 5.74) is 1.18. The van der Waals surface area contributed by atoms with Gasteiger partial charge in [0.2, 0.25) is 0 Å². The van der Waals surface area contributed by atoms with Crippen LogP contribution in [0.15, 0.2) is 11.6 Å². The normalized spacial score (nSPS) is 13.6. The lowest BCUT2D eigenvalue weighted by molar-refractivity contribution is 0.171. The average Bonchev–Trinajstić information content (AvgIpc) is 1.63. The summed E-state index contributed by atoms with van der Waals surface area (Å²) >= 11 is 0. The molecule has 0 aliphatic heterocycles. The minimum atomic E-state index is -0.269. The second-order valence-corrected chi connectivity index (χ2v) is 2.98. The van der Waals surface area contributed by atoms with Gasteiger partial charge >= 0.3 is 0 Å². The zero-order chi connectivity index (χ0) is 7.44. The Morgan fingerprint density at radius 2 is 1.78 bits per heavy atom. The maximum Gasteiger partial charge on any atom is 0.0746 e. The molecule has 0 heterocycles. The fourth-order valence-electron chi connectivity index (χ4n) is 0.534. The molecule has 0 aromatic carbocycles. The van der Waals surface area contributed by atoms with Crippen molar-refractivity contribution in [2.45, 2.75) is 33.8 Å². The molecule has 54 valence electrons. The molecule has 0 aliphatic rings. The van der Waals surface area contributed by atoms with Gasteiger partial charge in [0.15, 0.2) is 0 Å². The number of aliphatic hydroxyl groups excluding tert-OH is 1. The van der Waals surface area contributed by atoms with Crippen LogP contribution >= 0.6 is 0 Å². The third-order valence-corrected chi connectivity index (χ3v) is 1.19. The van der Waals surface area contributed by atoms with E-state index in [1.165, 1.54) is 5.57 Å². The minimum absolute atomic E-state index is 0.269. The van der Waals surface area contributed by atoms with Gasteiger partial charge in [-0.2, -0.15) is 0 Å². The molecule has 1 N–H and O–H groups in total. The first-order valence-electron chi connectivity index (χ1n) is 3.37. The second-order valence-electron chi connectivity index (χ2n) is 2.98. The van der Waals surface area contributed by atoms with Crippen molar-refractivity contribution < 1.29 is 5.11 Å². The first-order valence-corrected chi connectivity index (χ1v) is 3.37. The van der Waals surface area contributed by atoms with E-state index < -0.39 is 0 Å². The Morgan fingerprint density at radius 3 is 1.89 bits per heavy atom. The van der Waals surface area contributed by atoms with Gasteiger partial charge in [0.1, 0.15) is 0 Å². The summed E-state index contributed by atoms with van der Waals surface area (Å²) in [5.74, 6) is 0.333. The van der Waals surface area contributed by atoms with Gasteiger partial charge in [-0.1, -0.05) is 25.5 Å². The van der Waals surface area contributed by atoms with Gasteiger partial charge in [0.25, 0.3) is 0 Å². The van der Waals surface area contributed by atoms with E-state index in [2.05, 4.69) is 0 Å². The van der Waals surface area contributed by atoms with Crippen molar-refractivity contribution in [3.63, 3.8) is 0 Å². The molecular weight excluding hydrogens is 112 g/mol. The Morgan fingerprint density at radius 1 is 1.33 bits per heavy atom. The zero-order valence-corrected chi connectivity index (χ0v) is 6.68. The third kappa shape index (κ3) is 4.22. The summed E-state index contributed by atoms with van der Waals surface area (Å²) in [6.07, 6.45) is 1.61. The molecule has 0 aliphatic carbocycles. The summed E-state index contributed by atoms with van der Waals surface area (Å²) < 4.78 is 0. The van der Waals surface area contributed by atoms with Gasteiger partial charge in [-0.25, -0.2) is 0 Å². The Balaban J connectivity index is 3.76. The van der Waals surface area contributed by atoms with E-state index in [-0.39, 0.29) is 6.10 Å². The molecular formula is C8H16O.